The van der Waals surface area contributed by atoms with Crippen molar-refractivity contribution in [2.45, 2.75) is 65.1 Å². The van der Waals surface area contributed by atoms with Gasteiger partial charge < -0.3 is 10.1 Å². The van der Waals surface area contributed by atoms with E-state index in [9.17, 15) is 0 Å². The minimum Gasteiger partial charge on any atom is -0.487 e. The number of fused-ring (bicyclic) bond motifs is 1. The molecular weight excluding hydrogens is 234 g/mol. The first-order chi connectivity index (χ1) is 8.93. The second-order valence-corrected chi connectivity index (χ2v) is 6.58. The fraction of sp³-hybridized carbons (Fsp3) is 0.647. The van der Waals surface area contributed by atoms with Crippen LogP contribution in [0, 0.1) is 5.92 Å². The normalized spacial score (nSPS) is 22.7. The lowest BCUT2D eigenvalue weighted by molar-refractivity contribution is 0.0619. The fourth-order valence-electron chi connectivity index (χ4n) is 2.99. The van der Waals surface area contributed by atoms with E-state index in [0.29, 0.717) is 18.0 Å². The number of rotatable bonds is 4. The third-order valence-electron chi connectivity index (χ3n) is 4.04. The van der Waals surface area contributed by atoms with Crippen molar-refractivity contribution in [3.8, 4) is 5.75 Å². The predicted molar refractivity (Wildman–Crippen MR) is 80.6 cm³/mol. The zero-order valence-electron chi connectivity index (χ0n) is 12.9. The number of ether oxygens (including phenoxy) is 1. The molecule has 1 aromatic carbocycles. The number of para-hydroxylation sites is 1. The van der Waals surface area contributed by atoms with Crippen LogP contribution in [0.3, 0.4) is 0 Å². The van der Waals surface area contributed by atoms with Gasteiger partial charge in [0.05, 0.1) is 0 Å². The van der Waals surface area contributed by atoms with Gasteiger partial charge in [0.1, 0.15) is 11.4 Å². The predicted octanol–water partition coefficient (Wildman–Crippen LogP) is 4.31. The summed E-state index contributed by atoms with van der Waals surface area (Å²) >= 11 is 0. The van der Waals surface area contributed by atoms with Gasteiger partial charge in [0.15, 0.2) is 0 Å². The maximum atomic E-state index is 6.09. The van der Waals surface area contributed by atoms with Gasteiger partial charge in [-0.15, -0.1) is 0 Å². The summed E-state index contributed by atoms with van der Waals surface area (Å²) in [6.45, 7) is 11.2. The lowest BCUT2D eigenvalue weighted by Gasteiger charge is -2.40. The smallest absolute Gasteiger partial charge is 0.124 e. The molecule has 19 heavy (non-hydrogen) atoms. The van der Waals surface area contributed by atoms with Crippen LogP contribution in [0.4, 0.5) is 0 Å². The molecule has 0 fully saturated rings. The lowest BCUT2D eigenvalue weighted by atomic mass is 9.88. The average molecular weight is 261 g/mol. The Morgan fingerprint density at radius 1 is 1.32 bits per heavy atom. The number of hydrogen-bond donors (Lipinski definition) is 1. The molecule has 2 heteroatoms. The molecule has 0 amide bonds. The molecule has 1 aliphatic rings. The third kappa shape index (κ3) is 3.30. The largest absolute Gasteiger partial charge is 0.487 e. The Morgan fingerprint density at radius 2 is 2.00 bits per heavy atom. The fourth-order valence-corrected chi connectivity index (χ4v) is 2.99. The minimum absolute atomic E-state index is 0.0959. The second-order valence-electron chi connectivity index (χ2n) is 6.58. The SMILES string of the molecule is CCC(NC1CC(C)(C)Oc2ccccc21)C(C)C. The molecule has 0 aliphatic carbocycles. The monoisotopic (exact) mass is 261 g/mol. The summed E-state index contributed by atoms with van der Waals surface area (Å²) in [7, 11) is 0. The van der Waals surface area contributed by atoms with E-state index in [1.54, 1.807) is 0 Å². The van der Waals surface area contributed by atoms with Crippen LogP contribution in [-0.4, -0.2) is 11.6 Å². The van der Waals surface area contributed by atoms with E-state index in [1.807, 2.05) is 0 Å². The first-order valence-electron chi connectivity index (χ1n) is 7.47. The zero-order valence-corrected chi connectivity index (χ0v) is 12.9. The van der Waals surface area contributed by atoms with E-state index in [1.165, 1.54) is 5.56 Å². The molecule has 0 saturated heterocycles. The highest BCUT2D eigenvalue weighted by Gasteiger charge is 2.34. The molecule has 0 saturated carbocycles. The molecule has 0 spiro atoms. The third-order valence-corrected chi connectivity index (χ3v) is 4.04. The molecule has 2 nitrogen and oxygen atoms in total. The van der Waals surface area contributed by atoms with Crippen molar-refractivity contribution in [3.63, 3.8) is 0 Å². The van der Waals surface area contributed by atoms with E-state index in [4.69, 9.17) is 4.74 Å². The van der Waals surface area contributed by atoms with Crippen molar-refractivity contribution in [3.05, 3.63) is 29.8 Å². The summed E-state index contributed by atoms with van der Waals surface area (Å²) < 4.78 is 6.09. The summed E-state index contributed by atoms with van der Waals surface area (Å²) in [4.78, 5) is 0. The molecule has 106 valence electrons. The molecule has 1 aliphatic heterocycles. The average Bonchev–Trinajstić information content (AvgIpc) is 2.33. The van der Waals surface area contributed by atoms with Crippen LogP contribution in [-0.2, 0) is 0 Å². The first kappa shape index (κ1) is 14.4. The number of hydrogen-bond acceptors (Lipinski definition) is 2. The van der Waals surface area contributed by atoms with Crippen molar-refractivity contribution in [2.24, 2.45) is 5.92 Å². The molecule has 1 heterocycles. The molecule has 2 atom stereocenters. The van der Waals surface area contributed by atoms with E-state index < -0.39 is 0 Å². The maximum absolute atomic E-state index is 6.09. The van der Waals surface area contributed by atoms with Crippen LogP contribution in [0.2, 0.25) is 0 Å². The summed E-state index contributed by atoms with van der Waals surface area (Å²) in [5, 5.41) is 3.84. The summed E-state index contributed by atoms with van der Waals surface area (Å²) in [6, 6.07) is 9.39. The van der Waals surface area contributed by atoms with E-state index >= 15 is 0 Å². The van der Waals surface area contributed by atoms with Crippen molar-refractivity contribution >= 4 is 0 Å². The summed E-state index contributed by atoms with van der Waals surface area (Å²) in [5.41, 5.74) is 1.21. The molecule has 0 radical (unpaired) electrons. The molecule has 2 unspecified atom stereocenters. The van der Waals surface area contributed by atoms with Crippen molar-refractivity contribution < 1.29 is 4.74 Å². The minimum atomic E-state index is -0.0959. The number of nitrogens with one attached hydrogen (secondary N) is 1. The van der Waals surface area contributed by atoms with Gasteiger partial charge in [-0.05, 0) is 32.3 Å². The molecule has 1 aromatic rings. The maximum Gasteiger partial charge on any atom is 0.124 e. The van der Waals surface area contributed by atoms with Gasteiger partial charge in [0, 0.05) is 24.1 Å². The van der Waals surface area contributed by atoms with Gasteiger partial charge in [0.25, 0.3) is 0 Å². The van der Waals surface area contributed by atoms with E-state index in [2.05, 4.69) is 64.2 Å². The van der Waals surface area contributed by atoms with E-state index in [-0.39, 0.29) is 5.60 Å². The highest BCUT2D eigenvalue weighted by Crippen LogP contribution is 2.39. The first-order valence-corrected chi connectivity index (χ1v) is 7.47. The highest BCUT2D eigenvalue weighted by molar-refractivity contribution is 5.38. The zero-order chi connectivity index (χ0) is 14.0. The van der Waals surface area contributed by atoms with Gasteiger partial charge in [0.2, 0.25) is 0 Å². The van der Waals surface area contributed by atoms with Crippen LogP contribution in [0.1, 0.15) is 59.1 Å². The van der Waals surface area contributed by atoms with Crippen LogP contribution >= 0.6 is 0 Å². The van der Waals surface area contributed by atoms with Gasteiger partial charge >= 0.3 is 0 Å². The van der Waals surface area contributed by atoms with Gasteiger partial charge in [-0.3, -0.25) is 0 Å². The van der Waals surface area contributed by atoms with Gasteiger partial charge in [-0.1, -0.05) is 39.0 Å². The Balaban J connectivity index is 2.25. The molecule has 1 N–H and O–H groups in total. The Hall–Kier alpha value is -1.02. The topological polar surface area (TPSA) is 21.3 Å². The number of benzene rings is 1. The van der Waals surface area contributed by atoms with Crippen LogP contribution < -0.4 is 10.1 Å². The van der Waals surface area contributed by atoms with Crippen molar-refractivity contribution in [2.75, 3.05) is 0 Å². The Kier molecular flexibility index (Phi) is 4.19. The van der Waals surface area contributed by atoms with Crippen molar-refractivity contribution in [1.82, 2.24) is 5.32 Å². The Labute approximate surface area is 117 Å². The summed E-state index contributed by atoms with van der Waals surface area (Å²) in [5.74, 6) is 1.69. The highest BCUT2D eigenvalue weighted by atomic mass is 16.5. The second kappa shape index (κ2) is 5.54. The van der Waals surface area contributed by atoms with Crippen LogP contribution in [0.25, 0.3) is 0 Å². The quantitative estimate of drug-likeness (QED) is 0.872. The van der Waals surface area contributed by atoms with Crippen LogP contribution in [0.5, 0.6) is 5.75 Å². The van der Waals surface area contributed by atoms with Gasteiger partial charge in [-0.2, -0.15) is 0 Å². The van der Waals surface area contributed by atoms with Crippen molar-refractivity contribution in [1.29, 1.82) is 0 Å². The Bertz CT molecular complexity index is 425. The summed E-state index contributed by atoms with van der Waals surface area (Å²) in [6.07, 6.45) is 2.19. The van der Waals surface area contributed by atoms with Gasteiger partial charge in [-0.25, -0.2) is 0 Å². The van der Waals surface area contributed by atoms with E-state index in [0.717, 1.165) is 18.6 Å². The Morgan fingerprint density at radius 3 is 2.63 bits per heavy atom. The lowest BCUT2D eigenvalue weighted by Crippen LogP contribution is -2.44. The standard InChI is InChI=1S/C17H27NO/c1-6-14(12(2)3)18-15-11-17(4,5)19-16-10-8-7-9-13(15)16/h7-10,12,14-15,18H,6,11H2,1-5H3. The molecule has 0 bridgehead atoms. The molecule has 2 rings (SSSR count). The molecule has 0 aromatic heterocycles. The molecular formula is C17H27NO. The van der Waals surface area contributed by atoms with Crippen LogP contribution in [0.15, 0.2) is 24.3 Å².